The molecule has 0 unspecified atom stereocenters. The number of benzene rings is 1. The van der Waals surface area contributed by atoms with Gasteiger partial charge < -0.3 is 16.0 Å². The van der Waals surface area contributed by atoms with Crippen LogP contribution < -0.4 is 16.0 Å². The lowest BCUT2D eigenvalue weighted by Gasteiger charge is -2.28. The first-order chi connectivity index (χ1) is 13.6. The van der Waals surface area contributed by atoms with Crippen molar-refractivity contribution in [3.8, 4) is 11.4 Å². The number of aromatic amines is 1. The van der Waals surface area contributed by atoms with Gasteiger partial charge in [-0.25, -0.2) is 4.98 Å². The molecule has 0 aliphatic carbocycles. The predicted molar refractivity (Wildman–Crippen MR) is 116 cm³/mol. The maximum absolute atomic E-state index is 5.98. The maximum atomic E-state index is 5.98. The van der Waals surface area contributed by atoms with Gasteiger partial charge in [-0.1, -0.05) is 34.1 Å². The van der Waals surface area contributed by atoms with Gasteiger partial charge in [0.1, 0.15) is 0 Å². The van der Waals surface area contributed by atoms with Gasteiger partial charge in [0.2, 0.25) is 0 Å². The van der Waals surface area contributed by atoms with E-state index < -0.39 is 0 Å². The molecule has 8 nitrogen and oxygen atoms in total. The first kappa shape index (κ1) is 21.6. The Morgan fingerprint density at radius 2 is 1.79 bits per heavy atom. The molecule has 0 amide bonds. The summed E-state index contributed by atoms with van der Waals surface area (Å²) in [6.07, 6.45) is 1.25. The number of aromatic nitrogens is 5. The first-order valence-electron chi connectivity index (χ1n) is 10.0. The second-order valence-electron chi connectivity index (χ2n) is 6.37. The lowest BCUT2D eigenvalue weighted by atomic mass is 10.1. The van der Waals surface area contributed by atoms with E-state index in [1.165, 1.54) is 6.42 Å². The average molecular weight is 385 g/mol. The molecule has 0 radical (unpaired) electrons. The summed E-state index contributed by atoms with van der Waals surface area (Å²) in [4.78, 5) is 6.80. The highest BCUT2D eigenvalue weighted by Gasteiger charge is 2.17. The highest BCUT2D eigenvalue weighted by molar-refractivity contribution is 5.85. The minimum absolute atomic E-state index is 0.371. The number of nitrogens with two attached hydrogens (primary N) is 1. The Hall–Kier alpha value is -2.74. The molecule has 4 rings (SSSR count). The number of nitrogens with zero attached hydrogens (tertiary/aromatic N) is 5. The van der Waals surface area contributed by atoms with E-state index in [0.717, 1.165) is 48.3 Å². The standard InChI is InChI=1S/C15H18N8.C3H8.C2H6/c1-9-11-8-10(2-3-12(11)20-19-9)14-18-15(13(16)21-22-14)23-6-4-17-5-7-23;1-3-2;1-2/h2-3,8,17H,4-7H2,1H3,(H2,16,21)(H,19,20);3H2,1-2H3;1-2H3. The number of rotatable bonds is 2. The van der Waals surface area contributed by atoms with Gasteiger partial charge in [-0.15, -0.1) is 10.2 Å². The van der Waals surface area contributed by atoms with Crippen LogP contribution in [0.1, 0.15) is 39.8 Å². The largest absolute Gasteiger partial charge is 0.379 e. The molecule has 1 aromatic carbocycles. The van der Waals surface area contributed by atoms with Crippen molar-refractivity contribution < 1.29 is 0 Å². The number of piperazine rings is 1. The molecule has 2 aromatic heterocycles. The van der Waals surface area contributed by atoms with Crippen LogP contribution in [0.2, 0.25) is 0 Å². The average Bonchev–Trinajstić information content (AvgIpc) is 3.11. The van der Waals surface area contributed by atoms with Gasteiger partial charge in [-0.05, 0) is 25.1 Å². The van der Waals surface area contributed by atoms with Crippen LogP contribution >= 0.6 is 0 Å². The van der Waals surface area contributed by atoms with Crippen LogP contribution in [0.3, 0.4) is 0 Å². The number of nitrogens with one attached hydrogen (secondary N) is 2. The summed E-state index contributed by atoms with van der Waals surface area (Å²) < 4.78 is 0. The number of H-pyrrole nitrogens is 1. The fourth-order valence-corrected chi connectivity index (χ4v) is 2.83. The summed E-state index contributed by atoms with van der Waals surface area (Å²) in [6.45, 7) is 13.8. The van der Waals surface area contributed by atoms with Crippen molar-refractivity contribution in [2.24, 2.45) is 0 Å². The van der Waals surface area contributed by atoms with E-state index in [-0.39, 0.29) is 0 Å². The molecule has 152 valence electrons. The van der Waals surface area contributed by atoms with Crippen LogP contribution in [-0.2, 0) is 0 Å². The van der Waals surface area contributed by atoms with Crippen molar-refractivity contribution in [1.29, 1.82) is 0 Å². The summed E-state index contributed by atoms with van der Waals surface area (Å²) >= 11 is 0. The van der Waals surface area contributed by atoms with Crippen LogP contribution in [0.25, 0.3) is 22.3 Å². The van der Waals surface area contributed by atoms with E-state index in [9.17, 15) is 0 Å². The number of fused-ring (bicyclic) bond motifs is 1. The van der Waals surface area contributed by atoms with Crippen molar-refractivity contribution in [2.45, 2.75) is 41.0 Å². The molecular weight excluding hydrogens is 352 g/mol. The SMILES string of the molecule is CC.CCC.Cc1[nH]nc2ccc(-c3nnc(N)c(N4CCNCC4)n3)cc12. The van der Waals surface area contributed by atoms with Gasteiger partial charge in [-0.3, -0.25) is 5.10 Å². The predicted octanol–water partition coefficient (Wildman–Crippen LogP) is 3.16. The molecule has 3 heterocycles. The number of nitrogen functional groups attached to an aromatic ring is 1. The van der Waals surface area contributed by atoms with Crippen molar-refractivity contribution >= 4 is 22.5 Å². The lowest BCUT2D eigenvalue weighted by molar-refractivity contribution is 0.584. The Kier molecular flexibility index (Phi) is 8.13. The Morgan fingerprint density at radius 1 is 1.11 bits per heavy atom. The fraction of sp³-hybridized carbons (Fsp3) is 0.500. The Labute approximate surface area is 166 Å². The normalized spacial score (nSPS) is 13.4. The zero-order chi connectivity index (χ0) is 20.5. The van der Waals surface area contributed by atoms with Crippen LogP contribution in [0.5, 0.6) is 0 Å². The first-order valence-corrected chi connectivity index (χ1v) is 10.0. The molecule has 1 aliphatic rings. The molecule has 4 N–H and O–H groups in total. The number of anilines is 2. The van der Waals surface area contributed by atoms with E-state index in [0.29, 0.717) is 17.5 Å². The summed E-state index contributed by atoms with van der Waals surface area (Å²) in [7, 11) is 0. The third kappa shape index (κ3) is 4.95. The highest BCUT2D eigenvalue weighted by atomic mass is 15.3. The Balaban J connectivity index is 0.000000514. The molecule has 1 fully saturated rings. The maximum Gasteiger partial charge on any atom is 0.189 e. The molecular formula is C20H32N8. The molecule has 1 aliphatic heterocycles. The monoisotopic (exact) mass is 384 g/mol. The van der Waals surface area contributed by atoms with E-state index in [1.807, 2.05) is 39.0 Å². The summed E-state index contributed by atoms with van der Waals surface area (Å²) in [5.41, 5.74) is 8.84. The number of hydrogen-bond acceptors (Lipinski definition) is 7. The molecule has 0 atom stereocenters. The molecule has 3 aromatic rings. The van der Waals surface area contributed by atoms with Gasteiger partial charge >= 0.3 is 0 Å². The van der Waals surface area contributed by atoms with Crippen LogP contribution in [-0.4, -0.2) is 51.6 Å². The van der Waals surface area contributed by atoms with Crippen molar-refractivity contribution in [3.05, 3.63) is 23.9 Å². The van der Waals surface area contributed by atoms with Crippen molar-refractivity contribution in [1.82, 2.24) is 30.7 Å². The van der Waals surface area contributed by atoms with Gasteiger partial charge in [0, 0.05) is 42.8 Å². The summed E-state index contributed by atoms with van der Waals surface area (Å²) in [5.74, 6) is 1.66. The smallest absolute Gasteiger partial charge is 0.189 e. The van der Waals surface area contributed by atoms with E-state index in [4.69, 9.17) is 5.73 Å². The number of aryl methyl sites for hydroxylation is 1. The summed E-state index contributed by atoms with van der Waals surface area (Å²) in [6, 6.07) is 5.94. The third-order valence-corrected chi connectivity index (χ3v) is 4.11. The second kappa shape index (κ2) is 10.6. The zero-order valence-electron chi connectivity index (χ0n) is 17.6. The molecule has 0 spiro atoms. The minimum Gasteiger partial charge on any atom is -0.379 e. The summed E-state index contributed by atoms with van der Waals surface area (Å²) in [5, 5.41) is 19.9. The second-order valence-corrected chi connectivity index (χ2v) is 6.37. The minimum atomic E-state index is 0.371. The van der Waals surface area contributed by atoms with Crippen molar-refractivity contribution in [3.63, 3.8) is 0 Å². The molecule has 0 bridgehead atoms. The lowest BCUT2D eigenvalue weighted by Crippen LogP contribution is -2.44. The Bertz CT molecular complexity index is 868. The topological polar surface area (TPSA) is 109 Å². The van der Waals surface area contributed by atoms with Crippen LogP contribution in [0.4, 0.5) is 11.6 Å². The van der Waals surface area contributed by atoms with Crippen LogP contribution in [0.15, 0.2) is 18.2 Å². The Morgan fingerprint density at radius 3 is 2.46 bits per heavy atom. The van der Waals surface area contributed by atoms with Gasteiger partial charge in [0.15, 0.2) is 17.5 Å². The van der Waals surface area contributed by atoms with Crippen LogP contribution in [0, 0.1) is 6.92 Å². The van der Waals surface area contributed by atoms with Gasteiger partial charge in [0.05, 0.1) is 5.52 Å². The molecule has 28 heavy (non-hydrogen) atoms. The number of hydrogen-bond donors (Lipinski definition) is 3. The van der Waals surface area contributed by atoms with Gasteiger partial charge in [0.25, 0.3) is 0 Å². The van der Waals surface area contributed by atoms with E-state index in [1.54, 1.807) is 0 Å². The molecule has 8 heteroatoms. The van der Waals surface area contributed by atoms with Gasteiger partial charge in [-0.2, -0.15) is 5.10 Å². The highest BCUT2D eigenvalue weighted by Crippen LogP contribution is 2.25. The quantitative estimate of drug-likeness (QED) is 0.623. The van der Waals surface area contributed by atoms with Crippen molar-refractivity contribution in [2.75, 3.05) is 36.8 Å². The fourth-order valence-electron chi connectivity index (χ4n) is 2.83. The zero-order valence-corrected chi connectivity index (χ0v) is 17.6. The molecule has 0 saturated carbocycles. The molecule has 1 saturated heterocycles. The van der Waals surface area contributed by atoms with E-state index >= 15 is 0 Å². The third-order valence-electron chi connectivity index (χ3n) is 4.11. The van der Waals surface area contributed by atoms with E-state index in [2.05, 4.69) is 49.4 Å².